The molecule has 0 aliphatic rings. The van der Waals surface area contributed by atoms with Gasteiger partial charge in [-0.3, -0.25) is 0 Å². The molecule has 0 aliphatic heterocycles. The molecule has 1 heterocycles. The van der Waals surface area contributed by atoms with Crippen LogP contribution in [0.1, 0.15) is 5.56 Å². The topological polar surface area (TPSA) is 39.7 Å². The lowest BCUT2D eigenvalue weighted by molar-refractivity contribution is 0.324. The first kappa shape index (κ1) is 13.5. The second kappa shape index (κ2) is 6.33. The van der Waals surface area contributed by atoms with Crippen molar-refractivity contribution in [1.29, 1.82) is 0 Å². The lowest BCUT2D eigenvalue weighted by Crippen LogP contribution is -2.01. The summed E-state index contributed by atoms with van der Waals surface area (Å²) in [6.45, 7) is 0.766. The maximum Gasteiger partial charge on any atom is 0.203 e. The van der Waals surface area contributed by atoms with E-state index in [1.807, 2.05) is 12.1 Å². The summed E-state index contributed by atoms with van der Waals surface area (Å²) < 4.78 is 15.9. The molecule has 0 bridgehead atoms. The summed E-state index contributed by atoms with van der Waals surface area (Å²) in [5, 5.41) is 7.52. The lowest BCUT2D eigenvalue weighted by Gasteiger charge is -2.14. The average Bonchev–Trinajstić information content (AvgIpc) is 2.97. The molecule has 1 aromatic carbocycles. The number of nitrogens with one attached hydrogen (secondary N) is 1. The van der Waals surface area contributed by atoms with Gasteiger partial charge in [-0.15, -0.1) is 0 Å². The van der Waals surface area contributed by atoms with Crippen molar-refractivity contribution in [3.63, 3.8) is 0 Å². The first-order valence-corrected chi connectivity index (χ1v) is 6.77. The molecule has 0 saturated heterocycles. The molecule has 0 fully saturated rings. The van der Waals surface area contributed by atoms with Crippen molar-refractivity contribution in [2.75, 3.05) is 26.6 Å². The van der Waals surface area contributed by atoms with Crippen LogP contribution in [-0.2, 0) is 6.54 Å². The molecular weight excluding hydrogens is 262 g/mol. The van der Waals surface area contributed by atoms with Crippen LogP contribution < -0.4 is 19.5 Å². The molecule has 0 amide bonds. The average molecular weight is 279 g/mol. The highest BCUT2D eigenvalue weighted by Gasteiger charge is 2.12. The molecule has 0 radical (unpaired) electrons. The number of thiophene rings is 1. The van der Waals surface area contributed by atoms with E-state index in [0.717, 1.165) is 12.2 Å². The predicted molar refractivity (Wildman–Crippen MR) is 77.7 cm³/mol. The summed E-state index contributed by atoms with van der Waals surface area (Å²) in [6.07, 6.45) is 0. The Balaban J connectivity index is 2.20. The van der Waals surface area contributed by atoms with E-state index >= 15 is 0 Å². The van der Waals surface area contributed by atoms with Gasteiger partial charge in [-0.05, 0) is 22.4 Å². The molecule has 0 unspecified atom stereocenters. The fourth-order valence-corrected chi connectivity index (χ4v) is 2.45. The van der Waals surface area contributed by atoms with Crippen LogP contribution >= 0.6 is 11.3 Å². The Morgan fingerprint density at radius 3 is 2.21 bits per heavy atom. The molecule has 5 heteroatoms. The van der Waals surface area contributed by atoms with Crippen LogP contribution in [0.15, 0.2) is 29.0 Å². The minimum Gasteiger partial charge on any atom is -0.493 e. The van der Waals surface area contributed by atoms with E-state index in [4.69, 9.17) is 14.2 Å². The number of benzene rings is 1. The van der Waals surface area contributed by atoms with Crippen LogP contribution in [0.2, 0.25) is 0 Å². The smallest absolute Gasteiger partial charge is 0.203 e. The van der Waals surface area contributed by atoms with Crippen molar-refractivity contribution in [1.82, 2.24) is 0 Å². The zero-order valence-corrected chi connectivity index (χ0v) is 12.0. The van der Waals surface area contributed by atoms with E-state index in [-0.39, 0.29) is 0 Å². The van der Waals surface area contributed by atoms with E-state index in [9.17, 15) is 0 Å². The first-order chi connectivity index (χ1) is 9.28. The van der Waals surface area contributed by atoms with Gasteiger partial charge in [0.15, 0.2) is 11.5 Å². The van der Waals surface area contributed by atoms with E-state index < -0.39 is 0 Å². The molecule has 1 aromatic heterocycles. The van der Waals surface area contributed by atoms with Gasteiger partial charge < -0.3 is 19.5 Å². The summed E-state index contributed by atoms with van der Waals surface area (Å²) in [7, 11) is 4.82. The molecule has 4 nitrogen and oxygen atoms in total. The van der Waals surface area contributed by atoms with E-state index in [1.54, 1.807) is 32.7 Å². The summed E-state index contributed by atoms with van der Waals surface area (Å²) in [4.78, 5) is 0. The highest BCUT2D eigenvalue weighted by atomic mass is 32.1. The van der Waals surface area contributed by atoms with Gasteiger partial charge in [0, 0.05) is 24.4 Å². The Morgan fingerprint density at radius 1 is 1.05 bits per heavy atom. The largest absolute Gasteiger partial charge is 0.493 e. The van der Waals surface area contributed by atoms with Gasteiger partial charge in [-0.1, -0.05) is 0 Å². The Hall–Kier alpha value is -1.88. The quantitative estimate of drug-likeness (QED) is 0.880. The van der Waals surface area contributed by atoms with Gasteiger partial charge in [0.05, 0.1) is 21.3 Å². The predicted octanol–water partition coefficient (Wildman–Crippen LogP) is 3.39. The second-order valence-corrected chi connectivity index (χ2v) is 4.68. The van der Waals surface area contributed by atoms with E-state index in [0.29, 0.717) is 17.2 Å². The molecule has 102 valence electrons. The van der Waals surface area contributed by atoms with Crippen molar-refractivity contribution < 1.29 is 14.2 Å². The van der Waals surface area contributed by atoms with Gasteiger partial charge in [-0.2, -0.15) is 11.3 Å². The monoisotopic (exact) mass is 279 g/mol. The van der Waals surface area contributed by atoms with Crippen LogP contribution in [0, 0.1) is 0 Å². The number of ether oxygens (including phenoxy) is 3. The molecule has 0 aliphatic carbocycles. The van der Waals surface area contributed by atoms with Crippen LogP contribution in [0.25, 0.3) is 0 Å². The van der Waals surface area contributed by atoms with Gasteiger partial charge in [0.1, 0.15) is 0 Å². The Morgan fingerprint density at radius 2 is 1.74 bits per heavy atom. The minimum atomic E-state index is 0.603. The SMILES string of the molecule is COc1cc(NCc2ccsc2)cc(OC)c1OC. The van der Waals surface area contributed by atoms with Crippen LogP contribution in [-0.4, -0.2) is 21.3 Å². The molecule has 0 spiro atoms. The number of hydrogen-bond acceptors (Lipinski definition) is 5. The van der Waals surface area contributed by atoms with Crippen LogP contribution in [0.5, 0.6) is 17.2 Å². The van der Waals surface area contributed by atoms with Crippen LogP contribution in [0.3, 0.4) is 0 Å². The number of hydrogen-bond donors (Lipinski definition) is 1. The fraction of sp³-hybridized carbons (Fsp3) is 0.286. The van der Waals surface area contributed by atoms with Crippen molar-refractivity contribution in [3.8, 4) is 17.2 Å². The van der Waals surface area contributed by atoms with Gasteiger partial charge >= 0.3 is 0 Å². The van der Waals surface area contributed by atoms with E-state index in [1.165, 1.54) is 5.56 Å². The summed E-state index contributed by atoms with van der Waals surface area (Å²) >= 11 is 1.69. The lowest BCUT2D eigenvalue weighted by atomic mass is 10.2. The van der Waals surface area contributed by atoms with Crippen molar-refractivity contribution >= 4 is 17.0 Å². The van der Waals surface area contributed by atoms with Crippen molar-refractivity contribution in [3.05, 3.63) is 34.5 Å². The Bertz CT molecular complexity index is 500. The standard InChI is InChI=1S/C14H17NO3S/c1-16-12-6-11(7-13(17-2)14(12)18-3)15-8-10-4-5-19-9-10/h4-7,9,15H,8H2,1-3H3. The van der Waals surface area contributed by atoms with Gasteiger partial charge in [-0.25, -0.2) is 0 Å². The third kappa shape index (κ3) is 3.12. The fourth-order valence-electron chi connectivity index (χ4n) is 1.78. The van der Waals surface area contributed by atoms with Crippen LogP contribution in [0.4, 0.5) is 5.69 Å². The summed E-state index contributed by atoms with van der Waals surface area (Å²) in [5.41, 5.74) is 2.18. The number of rotatable bonds is 6. The number of methoxy groups -OCH3 is 3. The summed E-state index contributed by atoms with van der Waals surface area (Å²) in [5.74, 6) is 1.90. The number of anilines is 1. The molecule has 2 rings (SSSR count). The first-order valence-electron chi connectivity index (χ1n) is 5.83. The highest BCUT2D eigenvalue weighted by Crippen LogP contribution is 2.39. The normalized spacial score (nSPS) is 10.1. The molecule has 2 aromatic rings. The van der Waals surface area contributed by atoms with Crippen molar-refractivity contribution in [2.45, 2.75) is 6.54 Å². The summed E-state index contributed by atoms with van der Waals surface area (Å²) in [6, 6.07) is 5.89. The zero-order chi connectivity index (χ0) is 13.7. The molecule has 0 saturated carbocycles. The van der Waals surface area contributed by atoms with Gasteiger partial charge in [0.25, 0.3) is 0 Å². The Kier molecular flexibility index (Phi) is 4.52. The maximum atomic E-state index is 5.31. The zero-order valence-electron chi connectivity index (χ0n) is 11.2. The molecular formula is C14H17NO3S. The van der Waals surface area contributed by atoms with Crippen molar-refractivity contribution in [2.24, 2.45) is 0 Å². The highest BCUT2D eigenvalue weighted by molar-refractivity contribution is 7.07. The third-order valence-electron chi connectivity index (χ3n) is 2.74. The maximum absolute atomic E-state index is 5.31. The minimum absolute atomic E-state index is 0.603. The third-order valence-corrected chi connectivity index (χ3v) is 3.47. The molecule has 1 N–H and O–H groups in total. The Labute approximate surface area is 116 Å². The van der Waals surface area contributed by atoms with E-state index in [2.05, 4.69) is 22.1 Å². The molecule has 0 atom stereocenters. The van der Waals surface area contributed by atoms with Gasteiger partial charge in [0.2, 0.25) is 5.75 Å². The second-order valence-electron chi connectivity index (χ2n) is 3.90. The molecule has 19 heavy (non-hydrogen) atoms.